The highest BCUT2D eigenvalue weighted by Gasteiger charge is 2.06. The van der Waals surface area contributed by atoms with Crippen molar-refractivity contribution in [3.8, 4) is 11.2 Å². The Labute approximate surface area is 86.6 Å². The zero-order valence-electron chi connectivity index (χ0n) is 6.31. The predicted molar refractivity (Wildman–Crippen MR) is 51.7 cm³/mol. The van der Waals surface area contributed by atoms with Gasteiger partial charge in [-0.3, -0.25) is 4.57 Å². The van der Waals surface area contributed by atoms with Crippen molar-refractivity contribution in [2.75, 3.05) is 0 Å². The van der Waals surface area contributed by atoms with Crippen molar-refractivity contribution in [1.29, 1.82) is 5.26 Å². The second kappa shape index (κ2) is 3.28. The van der Waals surface area contributed by atoms with Crippen LogP contribution in [0.3, 0.4) is 0 Å². The highest BCUT2D eigenvalue weighted by atomic mass is 79.9. The normalized spacial score (nSPS) is 9.85. The second-order valence-electron chi connectivity index (χ2n) is 2.19. The van der Waals surface area contributed by atoms with Gasteiger partial charge < -0.3 is 0 Å². The van der Waals surface area contributed by atoms with Crippen molar-refractivity contribution < 1.29 is 0 Å². The minimum absolute atomic E-state index is 0.349. The van der Waals surface area contributed by atoms with Crippen LogP contribution in [0.25, 0.3) is 5.13 Å². The van der Waals surface area contributed by atoms with Crippen LogP contribution in [0.5, 0.6) is 0 Å². The lowest BCUT2D eigenvalue weighted by molar-refractivity contribution is 0.995. The van der Waals surface area contributed by atoms with Crippen molar-refractivity contribution in [1.82, 2.24) is 14.5 Å². The van der Waals surface area contributed by atoms with Gasteiger partial charge in [0.25, 0.3) is 0 Å². The van der Waals surface area contributed by atoms with E-state index in [9.17, 15) is 0 Å². The maximum Gasteiger partial charge on any atom is 0.219 e. The van der Waals surface area contributed by atoms with Crippen LogP contribution in [0.4, 0.5) is 0 Å². The highest BCUT2D eigenvalue weighted by Crippen LogP contribution is 2.19. The summed E-state index contributed by atoms with van der Waals surface area (Å²) < 4.78 is 2.42. The van der Waals surface area contributed by atoms with Crippen molar-refractivity contribution in [3.63, 3.8) is 0 Å². The number of halogens is 1. The van der Waals surface area contributed by atoms with E-state index in [2.05, 4.69) is 25.9 Å². The summed E-state index contributed by atoms with van der Waals surface area (Å²) in [5.41, 5.74) is 0. The second-order valence-corrected chi connectivity index (χ2v) is 3.83. The van der Waals surface area contributed by atoms with Gasteiger partial charge in [-0.05, 0) is 15.9 Å². The Bertz CT molecular complexity index is 467. The fourth-order valence-corrected chi connectivity index (χ4v) is 2.13. The molecule has 0 N–H and O–H groups in total. The maximum absolute atomic E-state index is 8.71. The Kier molecular flexibility index (Phi) is 2.12. The summed E-state index contributed by atoms with van der Waals surface area (Å²) in [6.45, 7) is 0. The van der Waals surface area contributed by atoms with Gasteiger partial charge in [0.1, 0.15) is 10.7 Å². The van der Waals surface area contributed by atoms with E-state index >= 15 is 0 Å². The van der Waals surface area contributed by atoms with E-state index in [0.29, 0.717) is 5.82 Å². The molecule has 0 atom stereocenters. The molecule has 2 aromatic heterocycles. The fourth-order valence-electron chi connectivity index (χ4n) is 0.897. The van der Waals surface area contributed by atoms with Crippen LogP contribution >= 0.6 is 27.3 Å². The first-order chi connectivity index (χ1) is 6.31. The molecule has 64 valence electrons. The van der Waals surface area contributed by atoms with Crippen LogP contribution in [0.2, 0.25) is 0 Å². The Balaban J connectivity index is 2.53. The number of thiazole rings is 1. The molecule has 2 rings (SSSR count). The molecule has 0 aromatic carbocycles. The van der Waals surface area contributed by atoms with Crippen LogP contribution in [-0.2, 0) is 0 Å². The smallest absolute Gasteiger partial charge is 0.219 e. The molecule has 0 aliphatic rings. The zero-order valence-corrected chi connectivity index (χ0v) is 8.71. The van der Waals surface area contributed by atoms with Gasteiger partial charge in [-0.15, -0.1) is 11.3 Å². The molecule has 4 nitrogen and oxygen atoms in total. The SMILES string of the molecule is N#Cc1nccn1-c1nc(Br)cs1. The van der Waals surface area contributed by atoms with Crippen molar-refractivity contribution >= 4 is 27.3 Å². The lowest BCUT2D eigenvalue weighted by Crippen LogP contribution is -1.94. The van der Waals surface area contributed by atoms with Gasteiger partial charge in [-0.2, -0.15) is 5.26 Å². The van der Waals surface area contributed by atoms with Gasteiger partial charge in [-0.1, -0.05) is 0 Å². The van der Waals surface area contributed by atoms with Crippen molar-refractivity contribution in [2.24, 2.45) is 0 Å². The lowest BCUT2D eigenvalue weighted by Gasteiger charge is -1.94. The zero-order chi connectivity index (χ0) is 9.26. The van der Waals surface area contributed by atoms with Gasteiger partial charge in [0.05, 0.1) is 0 Å². The first kappa shape index (κ1) is 8.41. The van der Waals surface area contributed by atoms with Crippen LogP contribution in [0.15, 0.2) is 22.4 Å². The molecule has 2 heterocycles. The fraction of sp³-hybridized carbons (Fsp3) is 0. The molecule has 0 spiro atoms. The predicted octanol–water partition coefficient (Wildman–Crippen LogP) is 1.96. The molecular weight excluding hydrogens is 252 g/mol. The number of aromatic nitrogens is 3. The Morgan fingerprint density at radius 2 is 2.46 bits per heavy atom. The first-order valence-electron chi connectivity index (χ1n) is 3.36. The van der Waals surface area contributed by atoms with E-state index in [1.807, 2.05) is 11.4 Å². The molecule has 0 unspecified atom stereocenters. The molecule has 0 radical (unpaired) electrons. The average molecular weight is 255 g/mol. The number of nitrogens with zero attached hydrogens (tertiary/aromatic N) is 4. The molecule has 0 bridgehead atoms. The average Bonchev–Trinajstić information content (AvgIpc) is 2.71. The topological polar surface area (TPSA) is 54.5 Å². The van der Waals surface area contributed by atoms with Gasteiger partial charge in [0.15, 0.2) is 5.13 Å². The van der Waals surface area contributed by atoms with Crippen molar-refractivity contribution in [3.05, 3.63) is 28.2 Å². The van der Waals surface area contributed by atoms with Gasteiger partial charge >= 0.3 is 0 Å². The van der Waals surface area contributed by atoms with E-state index in [1.54, 1.807) is 17.0 Å². The van der Waals surface area contributed by atoms with Crippen molar-refractivity contribution in [2.45, 2.75) is 0 Å². The maximum atomic E-state index is 8.71. The molecular formula is C7H3BrN4S. The first-order valence-corrected chi connectivity index (χ1v) is 5.03. The molecule has 0 aliphatic heterocycles. The molecule has 2 aromatic rings. The molecule has 0 saturated heterocycles. The Morgan fingerprint density at radius 1 is 1.62 bits per heavy atom. The summed E-state index contributed by atoms with van der Waals surface area (Å²) in [7, 11) is 0. The molecule has 0 fully saturated rings. The quantitative estimate of drug-likeness (QED) is 0.782. The summed E-state index contributed by atoms with van der Waals surface area (Å²) >= 11 is 4.70. The minimum atomic E-state index is 0.349. The largest absolute Gasteiger partial charge is 0.267 e. The summed E-state index contributed by atoms with van der Waals surface area (Å²) in [6, 6.07) is 1.99. The summed E-state index contributed by atoms with van der Waals surface area (Å²) in [5, 5.41) is 11.3. The van der Waals surface area contributed by atoms with Crippen LogP contribution in [0, 0.1) is 11.3 Å². The molecule has 0 amide bonds. The minimum Gasteiger partial charge on any atom is -0.267 e. The lowest BCUT2D eigenvalue weighted by atomic mass is 10.7. The van der Waals surface area contributed by atoms with Crippen LogP contribution in [0.1, 0.15) is 5.82 Å². The number of imidazole rings is 1. The third-order valence-corrected chi connectivity index (χ3v) is 2.96. The summed E-state index contributed by atoms with van der Waals surface area (Å²) in [6.07, 6.45) is 3.29. The van der Waals surface area contributed by atoms with E-state index in [-0.39, 0.29) is 0 Å². The standard InChI is InChI=1S/C7H3BrN4S/c8-5-4-13-7(11-5)12-2-1-10-6(12)3-9/h1-2,4H. The third-order valence-electron chi connectivity index (χ3n) is 1.41. The van der Waals surface area contributed by atoms with Gasteiger partial charge in [-0.25, -0.2) is 9.97 Å². The number of rotatable bonds is 1. The monoisotopic (exact) mass is 254 g/mol. The highest BCUT2D eigenvalue weighted by molar-refractivity contribution is 9.10. The molecule has 6 heteroatoms. The van der Waals surface area contributed by atoms with E-state index in [0.717, 1.165) is 9.73 Å². The van der Waals surface area contributed by atoms with E-state index < -0.39 is 0 Å². The number of hydrogen-bond donors (Lipinski definition) is 0. The van der Waals surface area contributed by atoms with Crippen LogP contribution < -0.4 is 0 Å². The Morgan fingerprint density at radius 3 is 3.08 bits per heavy atom. The van der Waals surface area contributed by atoms with Gasteiger partial charge in [0, 0.05) is 17.8 Å². The third kappa shape index (κ3) is 1.48. The molecule has 0 aliphatic carbocycles. The molecule has 13 heavy (non-hydrogen) atoms. The van der Waals surface area contributed by atoms with Gasteiger partial charge in [0.2, 0.25) is 5.82 Å². The van der Waals surface area contributed by atoms with Crippen LogP contribution in [-0.4, -0.2) is 14.5 Å². The Hall–Kier alpha value is -1.19. The van der Waals surface area contributed by atoms with E-state index in [4.69, 9.17) is 5.26 Å². The number of nitriles is 1. The summed E-state index contributed by atoms with van der Waals surface area (Å²) in [4.78, 5) is 8.04. The summed E-state index contributed by atoms with van der Waals surface area (Å²) in [5.74, 6) is 0.349. The number of hydrogen-bond acceptors (Lipinski definition) is 4. The molecule has 0 saturated carbocycles. The van der Waals surface area contributed by atoms with E-state index in [1.165, 1.54) is 11.3 Å².